The highest BCUT2D eigenvalue weighted by Crippen LogP contribution is 2.19. The monoisotopic (exact) mass is 355 g/mol. The summed E-state index contributed by atoms with van der Waals surface area (Å²) in [4.78, 5) is 28.8. The van der Waals surface area contributed by atoms with Crippen molar-refractivity contribution in [2.24, 2.45) is 0 Å². The van der Waals surface area contributed by atoms with E-state index in [-0.39, 0.29) is 24.3 Å². The average molecular weight is 355 g/mol. The number of pyridine rings is 1. The zero-order valence-corrected chi connectivity index (χ0v) is 14.4. The van der Waals surface area contributed by atoms with Crippen LogP contribution in [0.2, 0.25) is 0 Å². The largest absolute Gasteiger partial charge is 0.352 e. The van der Waals surface area contributed by atoms with Gasteiger partial charge in [-0.3, -0.25) is 9.78 Å². The summed E-state index contributed by atoms with van der Waals surface area (Å²) in [5, 5.41) is 7.02. The molecule has 26 heavy (non-hydrogen) atoms. The number of hydrogen-bond acceptors (Lipinski definition) is 4. The van der Waals surface area contributed by atoms with Crippen LogP contribution >= 0.6 is 0 Å². The van der Waals surface area contributed by atoms with Crippen molar-refractivity contribution < 1.29 is 9.18 Å². The molecule has 1 amide bonds. The van der Waals surface area contributed by atoms with Crippen LogP contribution in [0.5, 0.6) is 0 Å². The van der Waals surface area contributed by atoms with Gasteiger partial charge in [0.1, 0.15) is 12.4 Å². The molecule has 0 atom stereocenters. The number of carbonyl (C=O) groups excluding carboxylic acids is 1. The SMILES string of the molecule is CC(C)NC(=O)Cn1nc(-c2ccc(F)cc2)n(-c2ccncc2)c1=O. The molecule has 2 heterocycles. The number of halogens is 1. The molecule has 0 aliphatic carbocycles. The zero-order chi connectivity index (χ0) is 18.7. The van der Waals surface area contributed by atoms with E-state index in [1.807, 2.05) is 13.8 Å². The van der Waals surface area contributed by atoms with Crippen LogP contribution in [-0.2, 0) is 11.3 Å². The van der Waals surface area contributed by atoms with Crippen molar-refractivity contribution in [1.82, 2.24) is 24.6 Å². The Hall–Kier alpha value is -3.29. The molecular formula is C18H18FN5O2. The summed E-state index contributed by atoms with van der Waals surface area (Å²) in [5.41, 5.74) is 0.651. The summed E-state index contributed by atoms with van der Waals surface area (Å²) in [6, 6.07) is 8.93. The van der Waals surface area contributed by atoms with Crippen molar-refractivity contribution in [2.75, 3.05) is 0 Å². The number of benzene rings is 1. The van der Waals surface area contributed by atoms with Crippen LogP contribution in [0, 0.1) is 5.82 Å². The van der Waals surface area contributed by atoms with E-state index in [1.54, 1.807) is 24.5 Å². The van der Waals surface area contributed by atoms with Gasteiger partial charge in [0.25, 0.3) is 0 Å². The molecule has 0 radical (unpaired) electrons. The van der Waals surface area contributed by atoms with Crippen molar-refractivity contribution in [3.8, 4) is 17.1 Å². The van der Waals surface area contributed by atoms with Crippen molar-refractivity contribution in [3.05, 3.63) is 65.1 Å². The normalized spacial score (nSPS) is 10.9. The van der Waals surface area contributed by atoms with Crippen LogP contribution in [-0.4, -0.2) is 31.3 Å². The summed E-state index contributed by atoms with van der Waals surface area (Å²) in [7, 11) is 0. The van der Waals surface area contributed by atoms with E-state index in [2.05, 4.69) is 15.4 Å². The van der Waals surface area contributed by atoms with Gasteiger partial charge in [0, 0.05) is 24.0 Å². The van der Waals surface area contributed by atoms with E-state index < -0.39 is 5.69 Å². The molecule has 2 aromatic heterocycles. The number of carbonyl (C=O) groups is 1. The third-order valence-electron chi connectivity index (χ3n) is 3.61. The minimum Gasteiger partial charge on any atom is -0.352 e. The number of rotatable bonds is 5. The van der Waals surface area contributed by atoms with E-state index in [1.165, 1.54) is 28.8 Å². The molecular weight excluding hydrogens is 337 g/mol. The summed E-state index contributed by atoms with van der Waals surface area (Å²) >= 11 is 0. The second-order valence-corrected chi connectivity index (χ2v) is 6.03. The van der Waals surface area contributed by atoms with Gasteiger partial charge < -0.3 is 5.32 Å². The minimum absolute atomic E-state index is 0.0444. The second kappa shape index (κ2) is 7.30. The van der Waals surface area contributed by atoms with Gasteiger partial charge >= 0.3 is 5.69 Å². The molecule has 0 saturated heterocycles. The van der Waals surface area contributed by atoms with Gasteiger partial charge in [0.15, 0.2) is 5.82 Å². The van der Waals surface area contributed by atoms with Gasteiger partial charge in [0.05, 0.1) is 5.69 Å². The average Bonchev–Trinajstić information content (AvgIpc) is 2.92. The molecule has 3 rings (SSSR count). The highest BCUT2D eigenvalue weighted by Gasteiger charge is 2.18. The molecule has 0 saturated carbocycles. The molecule has 134 valence electrons. The van der Waals surface area contributed by atoms with Crippen LogP contribution < -0.4 is 11.0 Å². The maximum Gasteiger partial charge on any atom is 0.351 e. The predicted molar refractivity (Wildman–Crippen MR) is 94.3 cm³/mol. The molecule has 0 aliphatic heterocycles. The standard InChI is InChI=1S/C18H18FN5O2/c1-12(2)21-16(25)11-23-18(26)24(15-7-9-20-10-8-15)17(22-23)13-3-5-14(19)6-4-13/h3-10,12H,11H2,1-2H3,(H,21,25). The lowest BCUT2D eigenvalue weighted by atomic mass is 10.2. The molecule has 1 aromatic carbocycles. The summed E-state index contributed by atoms with van der Waals surface area (Å²) in [6.45, 7) is 3.46. The molecule has 0 spiro atoms. The van der Waals surface area contributed by atoms with Crippen LogP contribution in [0.1, 0.15) is 13.8 Å². The minimum atomic E-state index is -0.463. The summed E-state index contributed by atoms with van der Waals surface area (Å²) in [6.07, 6.45) is 3.11. The highest BCUT2D eigenvalue weighted by molar-refractivity contribution is 5.76. The fraction of sp³-hybridized carbons (Fsp3) is 0.222. The first kappa shape index (κ1) is 17.5. The molecule has 0 fully saturated rings. The third-order valence-corrected chi connectivity index (χ3v) is 3.61. The number of nitrogens with zero attached hydrogens (tertiary/aromatic N) is 4. The van der Waals surface area contributed by atoms with Crippen molar-refractivity contribution >= 4 is 5.91 Å². The summed E-state index contributed by atoms with van der Waals surface area (Å²) < 4.78 is 15.7. The maximum atomic E-state index is 13.2. The van der Waals surface area contributed by atoms with Gasteiger partial charge in [-0.2, -0.15) is 0 Å². The Morgan fingerprint density at radius 3 is 2.42 bits per heavy atom. The van der Waals surface area contributed by atoms with Gasteiger partial charge in [-0.15, -0.1) is 5.10 Å². The smallest absolute Gasteiger partial charge is 0.351 e. The Morgan fingerprint density at radius 2 is 1.81 bits per heavy atom. The predicted octanol–water partition coefficient (Wildman–Crippen LogP) is 1.76. The molecule has 0 unspecified atom stereocenters. The lowest BCUT2D eigenvalue weighted by Gasteiger charge is -2.07. The Bertz CT molecular complexity index is 961. The lowest BCUT2D eigenvalue weighted by molar-refractivity contribution is -0.122. The Balaban J connectivity index is 2.10. The second-order valence-electron chi connectivity index (χ2n) is 6.03. The molecule has 3 aromatic rings. The fourth-order valence-corrected chi connectivity index (χ4v) is 2.53. The van der Waals surface area contributed by atoms with Gasteiger partial charge in [-0.25, -0.2) is 18.4 Å². The van der Waals surface area contributed by atoms with Crippen molar-refractivity contribution in [2.45, 2.75) is 26.4 Å². The number of amides is 1. The number of aromatic nitrogens is 4. The molecule has 8 heteroatoms. The Labute approximate surface area is 149 Å². The van der Waals surface area contributed by atoms with E-state index in [0.29, 0.717) is 17.1 Å². The maximum absolute atomic E-state index is 13.2. The first-order valence-corrected chi connectivity index (χ1v) is 8.11. The van der Waals surface area contributed by atoms with Crippen LogP contribution in [0.4, 0.5) is 4.39 Å². The van der Waals surface area contributed by atoms with E-state index in [9.17, 15) is 14.0 Å². The van der Waals surface area contributed by atoms with E-state index >= 15 is 0 Å². The molecule has 0 bridgehead atoms. The van der Waals surface area contributed by atoms with Gasteiger partial charge in [0.2, 0.25) is 5.91 Å². The van der Waals surface area contributed by atoms with E-state index in [0.717, 1.165) is 4.68 Å². The summed E-state index contributed by atoms with van der Waals surface area (Å²) in [5.74, 6) is -0.381. The van der Waals surface area contributed by atoms with Crippen LogP contribution in [0.25, 0.3) is 17.1 Å². The first-order valence-electron chi connectivity index (χ1n) is 8.11. The highest BCUT2D eigenvalue weighted by atomic mass is 19.1. The molecule has 1 N–H and O–H groups in total. The van der Waals surface area contributed by atoms with Crippen molar-refractivity contribution in [3.63, 3.8) is 0 Å². The van der Waals surface area contributed by atoms with Gasteiger partial charge in [-0.05, 0) is 50.2 Å². The Kier molecular flexibility index (Phi) is 4.92. The quantitative estimate of drug-likeness (QED) is 0.756. The number of nitrogens with one attached hydrogen (secondary N) is 1. The lowest BCUT2D eigenvalue weighted by Crippen LogP contribution is -2.36. The van der Waals surface area contributed by atoms with E-state index in [4.69, 9.17) is 0 Å². The van der Waals surface area contributed by atoms with Crippen molar-refractivity contribution in [1.29, 1.82) is 0 Å². The number of hydrogen-bond donors (Lipinski definition) is 1. The topological polar surface area (TPSA) is 81.8 Å². The van der Waals surface area contributed by atoms with Crippen LogP contribution in [0.3, 0.4) is 0 Å². The fourth-order valence-electron chi connectivity index (χ4n) is 2.53. The third kappa shape index (κ3) is 3.69. The van der Waals surface area contributed by atoms with Crippen LogP contribution in [0.15, 0.2) is 53.6 Å². The zero-order valence-electron chi connectivity index (χ0n) is 14.4. The molecule has 0 aliphatic rings. The Morgan fingerprint density at radius 1 is 1.15 bits per heavy atom. The first-order chi connectivity index (χ1) is 12.5. The van der Waals surface area contributed by atoms with Gasteiger partial charge in [-0.1, -0.05) is 0 Å². The molecule has 7 nitrogen and oxygen atoms in total.